The summed E-state index contributed by atoms with van der Waals surface area (Å²) in [4.78, 5) is 5.62. The highest BCUT2D eigenvalue weighted by atomic mass is 32.2. The van der Waals surface area contributed by atoms with Crippen LogP contribution in [0.3, 0.4) is 0 Å². The Labute approximate surface area is 123 Å². The van der Waals surface area contributed by atoms with Crippen LogP contribution < -0.4 is 0 Å². The summed E-state index contributed by atoms with van der Waals surface area (Å²) >= 11 is 3.26. The lowest BCUT2D eigenvalue weighted by molar-refractivity contribution is 0.432. The number of nitrogens with one attached hydrogen (secondary N) is 1. The van der Waals surface area contributed by atoms with Crippen molar-refractivity contribution in [1.29, 1.82) is 0 Å². The molecule has 0 atom stereocenters. The summed E-state index contributed by atoms with van der Waals surface area (Å²) in [5, 5.41) is 14.0. The number of nitrogens with zero attached hydrogens (tertiary/aromatic N) is 3. The predicted molar refractivity (Wildman–Crippen MR) is 77.7 cm³/mol. The number of thiophene rings is 1. The summed E-state index contributed by atoms with van der Waals surface area (Å²) in [5.41, 5.74) is 1.08. The van der Waals surface area contributed by atoms with Crippen LogP contribution in [0.4, 0.5) is 0 Å². The normalized spacial score (nSPS) is 14.8. The van der Waals surface area contributed by atoms with Gasteiger partial charge in [0.25, 0.3) is 0 Å². The molecule has 0 bridgehead atoms. The summed E-state index contributed by atoms with van der Waals surface area (Å²) in [5.74, 6) is 3.24. The zero-order valence-corrected chi connectivity index (χ0v) is 12.2. The van der Waals surface area contributed by atoms with Crippen LogP contribution >= 0.6 is 23.1 Å². The highest BCUT2D eigenvalue weighted by Gasteiger charge is 2.27. The van der Waals surface area contributed by atoms with Gasteiger partial charge in [-0.2, -0.15) is 0 Å². The molecule has 4 rings (SSSR count). The van der Waals surface area contributed by atoms with Crippen molar-refractivity contribution in [3.8, 4) is 10.6 Å². The van der Waals surface area contributed by atoms with Gasteiger partial charge in [0.2, 0.25) is 5.16 Å². The Hall–Kier alpha value is -1.60. The number of hydrogen-bond donors (Lipinski definition) is 1. The van der Waals surface area contributed by atoms with E-state index in [4.69, 9.17) is 4.52 Å². The van der Waals surface area contributed by atoms with Crippen LogP contribution in [0.25, 0.3) is 10.6 Å². The minimum absolute atomic E-state index is 0.606. The average molecular weight is 304 g/mol. The largest absolute Gasteiger partial charge is 0.355 e. The molecule has 0 spiro atoms. The molecule has 20 heavy (non-hydrogen) atoms. The van der Waals surface area contributed by atoms with Crippen molar-refractivity contribution in [2.24, 2.45) is 0 Å². The van der Waals surface area contributed by atoms with E-state index in [1.165, 1.54) is 12.8 Å². The molecular weight excluding hydrogens is 292 g/mol. The molecule has 102 valence electrons. The van der Waals surface area contributed by atoms with Crippen LogP contribution in [-0.4, -0.2) is 20.3 Å². The number of rotatable bonds is 5. The smallest absolute Gasteiger partial charge is 0.208 e. The monoisotopic (exact) mass is 304 g/mol. The Morgan fingerprint density at radius 1 is 1.45 bits per heavy atom. The fourth-order valence-corrected chi connectivity index (χ4v) is 3.48. The highest BCUT2D eigenvalue weighted by molar-refractivity contribution is 7.98. The van der Waals surface area contributed by atoms with Crippen LogP contribution in [0.15, 0.2) is 33.4 Å². The van der Waals surface area contributed by atoms with Gasteiger partial charge in [0, 0.05) is 17.2 Å². The Morgan fingerprint density at radius 2 is 2.40 bits per heavy atom. The first-order valence-electron chi connectivity index (χ1n) is 6.42. The van der Waals surface area contributed by atoms with Gasteiger partial charge in [-0.15, -0.1) is 16.4 Å². The van der Waals surface area contributed by atoms with Gasteiger partial charge < -0.3 is 4.52 Å². The molecule has 3 heterocycles. The fraction of sp³-hybridized carbons (Fsp3) is 0.308. The molecule has 1 aliphatic carbocycles. The van der Waals surface area contributed by atoms with Gasteiger partial charge >= 0.3 is 0 Å². The summed E-state index contributed by atoms with van der Waals surface area (Å²) < 4.78 is 5.35. The molecule has 7 heteroatoms. The van der Waals surface area contributed by atoms with Gasteiger partial charge in [-0.3, -0.25) is 5.10 Å². The molecule has 0 unspecified atom stereocenters. The molecule has 3 aromatic heterocycles. The molecule has 5 nitrogen and oxygen atoms in total. The van der Waals surface area contributed by atoms with E-state index < -0.39 is 0 Å². The third kappa shape index (κ3) is 2.38. The van der Waals surface area contributed by atoms with Gasteiger partial charge in [0.1, 0.15) is 5.82 Å². The van der Waals surface area contributed by atoms with E-state index in [9.17, 15) is 0 Å². The van der Waals surface area contributed by atoms with Crippen LogP contribution in [-0.2, 0) is 5.75 Å². The Bertz CT molecular complexity index is 700. The molecule has 3 aromatic rings. The lowest BCUT2D eigenvalue weighted by Crippen LogP contribution is -1.83. The van der Waals surface area contributed by atoms with Crippen LogP contribution in [0.2, 0.25) is 0 Å². The first-order valence-corrected chi connectivity index (χ1v) is 8.29. The zero-order chi connectivity index (χ0) is 13.4. The van der Waals surface area contributed by atoms with Crippen molar-refractivity contribution in [3.05, 3.63) is 35.1 Å². The minimum atomic E-state index is 0.606. The highest BCUT2D eigenvalue weighted by Crippen LogP contribution is 2.38. The Balaban J connectivity index is 1.47. The van der Waals surface area contributed by atoms with E-state index in [0.717, 1.165) is 32.9 Å². The van der Waals surface area contributed by atoms with Crippen molar-refractivity contribution in [3.63, 3.8) is 0 Å². The minimum Gasteiger partial charge on any atom is -0.355 e. The Morgan fingerprint density at radius 3 is 3.20 bits per heavy atom. The number of H-pyrrole nitrogens is 1. The third-order valence-electron chi connectivity index (χ3n) is 3.19. The maximum atomic E-state index is 5.35. The number of hydrogen-bond acceptors (Lipinski definition) is 6. The molecule has 1 fully saturated rings. The number of thioether (sulfide) groups is 1. The van der Waals surface area contributed by atoms with Gasteiger partial charge in [-0.25, -0.2) is 4.98 Å². The SMILES string of the molecule is c1csc(-c2oncc2CSc2n[nH]c(C3CC3)n2)c1. The molecule has 0 aromatic carbocycles. The summed E-state index contributed by atoms with van der Waals surface area (Å²) in [7, 11) is 0. The van der Waals surface area contributed by atoms with Crippen molar-refractivity contribution in [1.82, 2.24) is 20.3 Å². The van der Waals surface area contributed by atoms with Crippen LogP contribution in [0, 0.1) is 0 Å². The average Bonchev–Trinajstić information content (AvgIpc) is 2.91. The molecule has 0 saturated heterocycles. The summed E-state index contributed by atoms with van der Waals surface area (Å²) in [6, 6.07) is 4.05. The topological polar surface area (TPSA) is 67.6 Å². The lowest BCUT2D eigenvalue weighted by atomic mass is 10.2. The second-order valence-corrected chi connectivity index (χ2v) is 6.61. The molecule has 0 aliphatic heterocycles. The van der Waals surface area contributed by atoms with Crippen LogP contribution in [0.5, 0.6) is 0 Å². The maximum Gasteiger partial charge on any atom is 0.208 e. The van der Waals surface area contributed by atoms with E-state index in [1.54, 1.807) is 29.3 Å². The molecular formula is C13H12N4OS2. The van der Waals surface area contributed by atoms with Crippen molar-refractivity contribution >= 4 is 23.1 Å². The van der Waals surface area contributed by atoms with Crippen molar-refractivity contribution in [2.75, 3.05) is 0 Å². The maximum absolute atomic E-state index is 5.35. The zero-order valence-electron chi connectivity index (χ0n) is 10.6. The van der Waals surface area contributed by atoms with Gasteiger partial charge in [0.15, 0.2) is 5.76 Å². The number of aromatic nitrogens is 4. The van der Waals surface area contributed by atoms with E-state index in [0.29, 0.717) is 5.92 Å². The van der Waals surface area contributed by atoms with E-state index in [1.807, 2.05) is 17.5 Å². The van der Waals surface area contributed by atoms with Crippen molar-refractivity contribution < 1.29 is 4.52 Å². The standard InChI is InChI=1S/C13H12N4OS2/c1-2-10(19-5-1)11-9(6-14-18-11)7-20-13-15-12(16-17-13)8-3-4-8/h1-2,5-6,8H,3-4,7H2,(H,15,16,17). The van der Waals surface area contributed by atoms with Crippen molar-refractivity contribution in [2.45, 2.75) is 29.7 Å². The quantitative estimate of drug-likeness (QED) is 0.728. The van der Waals surface area contributed by atoms with E-state index >= 15 is 0 Å². The van der Waals surface area contributed by atoms with Gasteiger partial charge in [-0.1, -0.05) is 23.0 Å². The lowest BCUT2D eigenvalue weighted by Gasteiger charge is -1.96. The van der Waals surface area contributed by atoms with Crippen LogP contribution in [0.1, 0.15) is 30.1 Å². The van der Waals surface area contributed by atoms with Gasteiger partial charge in [0.05, 0.1) is 11.1 Å². The fourth-order valence-electron chi connectivity index (χ4n) is 1.98. The molecule has 0 amide bonds. The predicted octanol–water partition coefficient (Wildman–Crippen LogP) is 3.69. The second-order valence-electron chi connectivity index (χ2n) is 4.72. The summed E-state index contributed by atoms with van der Waals surface area (Å²) in [6.07, 6.45) is 4.23. The first kappa shape index (κ1) is 12.2. The third-order valence-corrected chi connectivity index (χ3v) is 4.96. The molecule has 1 saturated carbocycles. The summed E-state index contributed by atoms with van der Waals surface area (Å²) in [6.45, 7) is 0. The van der Waals surface area contributed by atoms with E-state index in [-0.39, 0.29) is 0 Å². The molecule has 0 radical (unpaired) electrons. The first-order chi connectivity index (χ1) is 9.90. The Kier molecular flexibility index (Phi) is 3.08. The van der Waals surface area contributed by atoms with Gasteiger partial charge in [-0.05, 0) is 24.3 Å². The van der Waals surface area contributed by atoms with E-state index in [2.05, 4.69) is 20.3 Å². The number of aromatic amines is 1. The molecule has 1 aliphatic rings. The second kappa shape index (κ2) is 5.06. The molecule has 1 N–H and O–H groups in total.